The van der Waals surface area contributed by atoms with Gasteiger partial charge < -0.3 is 5.73 Å². The average Bonchev–Trinajstić information content (AvgIpc) is 2.59. The lowest BCUT2D eigenvalue weighted by molar-refractivity contribution is 0.488. The SMILES string of the molecule is Cc1c(N)cnn1C1CCS(=O)(=O)C1. The summed E-state index contributed by atoms with van der Waals surface area (Å²) >= 11 is 0. The van der Waals surface area contributed by atoms with Crippen LogP contribution in [-0.2, 0) is 9.84 Å². The molecule has 2 rings (SSSR count). The molecule has 1 unspecified atom stereocenters. The van der Waals surface area contributed by atoms with Gasteiger partial charge in [-0.2, -0.15) is 5.10 Å². The molecule has 2 N–H and O–H groups in total. The highest BCUT2D eigenvalue weighted by Crippen LogP contribution is 2.25. The highest BCUT2D eigenvalue weighted by atomic mass is 32.2. The van der Waals surface area contributed by atoms with Crippen molar-refractivity contribution < 1.29 is 8.42 Å². The molecule has 1 aliphatic heterocycles. The zero-order chi connectivity index (χ0) is 10.3. The number of nitrogens with zero attached hydrogens (tertiary/aromatic N) is 2. The van der Waals surface area contributed by atoms with Crippen LogP contribution >= 0.6 is 0 Å². The summed E-state index contributed by atoms with van der Waals surface area (Å²) in [6.45, 7) is 1.85. The minimum absolute atomic E-state index is 0.0303. The summed E-state index contributed by atoms with van der Waals surface area (Å²) in [5.41, 5.74) is 7.12. The van der Waals surface area contributed by atoms with Crippen LogP contribution in [-0.4, -0.2) is 29.7 Å². The van der Waals surface area contributed by atoms with E-state index in [1.165, 1.54) is 0 Å². The van der Waals surface area contributed by atoms with Gasteiger partial charge in [0.05, 0.1) is 35.1 Å². The molecule has 1 atom stereocenters. The van der Waals surface area contributed by atoms with Gasteiger partial charge in [-0.05, 0) is 13.3 Å². The fourth-order valence-electron chi connectivity index (χ4n) is 1.77. The fourth-order valence-corrected chi connectivity index (χ4v) is 3.47. The molecule has 1 saturated heterocycles. The minimum atomic E-state index is -2.85. The molecule has 0 amide bonds. The molecule has 0 radical (unpaired) electrons. The number of nitrogen functional groups attached to an aromatic ring is 1. The van der Waals surface area contributed by atoms with Crippen LogP contribution in [0.4, 0.5) is 5.69 Å². The second-order valence-corrected chi connectivity index (χ2v) is 5.92. The van der Waals surface area contributed by atoms with E-state index in [1.54, 1.807) is 10.9 Å². The van der Waals surface area contributed by atoms with Gasteiger partial charge in [-0.3, -0.25) is 4.68 Å². The molecule has 0 bridgehead atoms. The van der Waals surface area contributed by atoms with Gasteiger partial charge in [-0.1, -0.05) is 0 Å². The van der Waals surface area contributed by atoms with Crippen LogP contribution in [0.15, 0.2) is 6.20 Å². The van der Waals surface area contributed by atoms with E-state index in [-0.39, 0.29) is 17.5 Å². The third kappa shape index (κ3) is 1.50. The summed E-state index contributed by atoms with van der Waals surface area (Å²) in [5.74, 6) is 0.450. The molecule has 0 aromatic carbocycles. The van der Waals surface area contributed by atoms with Crippen molar-refractivity contribution in [3.05, 3.63) is 11.9 Å². The highest BCUT2D eigenvalue weighted by molar-refractivity contribution is 7.91. The molecule has 2 heterocycles. The Hall–Kier alpha value is -1.04. The van der Waals surface area contributed by atoms with Gasteiger partial charge in [0, 0.05) is 0 Å². The second kappa shape index (κ2) is 2.98. The zero-order valence-corrected chi connectivity index (χ0v) is 8.79. The van der Waals surface area contributed by atoms with E-state index in [9.17, 15) is 8.42 Å². The summed E-state index contributed by atoms with van der Waals surface area (Å²) < 4.78 is 24.2. The van der Waals surface area contributed by atoms with E-state index >= 15 is 0 Å². The smallest absolute Gasteiger partial charge is 0.152 e. The maximum Gasteiger partial charge on any atom is 0.152 e. The molecule has 14 heavy (non-hydrogen) atoms. The Morgan fingerprint density at radius 3 is 2.79 bits per heavy atom. The largest absolute Gasteiger partial charge is 0.396 e. The van der Waals surface area contributed by atoms with Crippen LogP contribution in [0.5, 0.6) is 0 Å². The summed E-state index contributed by atoms with van der Waals surface area (Å²) in [6.07, 6.45) is 2.21. The first-order chi connectivity index (χ1) is 6.49. The van der Waals surface area contributed by atoms with Crippen molar-refractivity contribution in [3.63, 3.8) is 0 Å². The molecule has 1 fully saturated rings. The first-order valence-corrected chi connectivity index (χ1v) is 6.32. The maximum atomic E-state index is 11.3. The molecular weight excluding hydrogens is 202 g/mol. The maximum absolute atomic E-state index is 11.3. The minimum Gasteiger partial charge on any atom is -0.396 e. The van der Waals surface area contributed by atoms with E-state index in [0.717, 1.165) is 5.69 Å². The predicted octanol–water partition coefficient (Wildman–Crippen LogP) is 0.133. The van der Waals surface area contributed by atoms with Crippen molar-refractivity contribution in [3.8, 4) is 0 Å². The van der Waals surface area contributed by atoms with Gasteiger partial charge in [0.1, 0.15) is 0 Å². The Labute approximate surface area is 82.8 Å². The van der Waals surface area contributed by atoms with Gasteiger partial charge in [0.25, 0.3) is 0 Å². The number of nitrogens with two attached hydrogens (primary N) is 1. The lowest BCUT2D eigenvalue weighted by atomic mass is 10.2. The molecule has 0 spiro atoms. The number of hydrogen-bond donors (Lipinski definition) is 1. The van der Waals surface area contributed by atoms with Crippen LogP contribution in [0.3, 0.4) is 0 Å². The van der Waals surface area contributed by atoms with Gasteiger partial charge in [-0.25, -0.2) is 8.42 Å². The van der Waals surface area contributed by atoms with E-state index in [4.69, 9.17) is 5.73 Å². The standard InChI is InChI=1S/C8H13N3O2S/c1-6-8(9)4-10-11(6)7-2-3-14(12,13)5-7/h4,7H,2-3,5,9H2,1H3. The Morgan fingerprint density at radius 2 is 2.36 bits per heavy atom. The molecule has 0 aliphatic carbocycles. The molecule has 5 nitrogen and oxygen atoms in total. The second-order valence-electron chi connectivity index (χ2n) is 3.69. The number of sulfone groups is 1. The summed E-state index contributed by atoms with van der Waals surface area (Å²) in [7, 11) is -2.85. The Kier molecular flexibility index (Phi) is 2.02. The Morgan fingerprint density at radius 1 is 1.64 bits per heavy atom. The molecule has 78 valence electrons. The van der Waals surface area contributed by atoms with Gasteiger partial charge in [-0.15, -0.1) is 0 Å². The summed E-state index contributed by atoms with van der Waals surface area (Å²) in [6, 6.07) is -0.0303. The number of anilines is 1. The quantitative estimate of drug-likeness (QED) is 0.722. The zero-order valence-electron chi connectivity index (χ0n) is 7.97. The first-order valence-electron chi connectivity index (χ1n) is 4.49. The van der Waals surface area contributed by atoms with Gasteiger partial charge >= 0.3 is 0 Å². The number of rotatable bonds is 1. The Bertz CT molecular complexity index is 449. The molecule has 1 aromatic rings. The van der Waals surface area contributed by atoms with E-state index in [1.807, 2.05) is 6.92 Å². The summed E-state index contributed by atoms with van der Waals surface area (Å²) in [4.78, 5) is 0. The molecule has 1 aromatic heterocycles. The van der Waals surface area contributed by atoms with Crippen LogP contribution < -0.4 is 5.73 Å². The van der Waals surface area contributed by atoms with Gasteiger partial charge in [0.2, 0.25) is 0 Å². The molecule has 1 aliphatic rings. The van der Waals surface area contributed by atoms with Crippen LogP contribution in [0, 0.1) is 6.92 Å². The number of aromatic nitrogens is 2. The number of hydrogen-bond acceptors (Lipinski definition) is 4. The van der Waals surface area contributed by atoms with E-state index in [0.29, 0.717) is 12.1 Å². The van der Waals surface area contributed by atoms with Crippen molar-refractivity contribution in [1.82, 2.24) is 9.78 Å². The van der Waals surface area contributed by atoms with Gasteiger partial charge in [0.15, 0.2) is 9.84 Å². The van der Waals surface area contributed by atoms with Crippen molar-refractivity contribution in [2.75, 3.05) is 17.2 Å². The third-order valence-corrected chi connectivity index (χ3v) is 4.39. The topological polar surface area (TPSA) is 78.0 Å². The summed E-state index contributed by atoms with van der Waals surface area (Å²) in [5, 5.41) is 4.09. The van der Waals surface area contributed by atoms with E-state index in [2.05, 4.69) is 5.10 Å². The average molecular weight is 215 g/mol. The monoisotopic (exact) mass is 215 g/mol. The van der Waals surface area contributed by atoms with Crippen molar-refractivity contribution >= 4 is 15.5 Å². The predicted molar refractivity (Wildman–Crippen MR) is 53.7 cm³/mol. The van der Waals surface area contributed by atoms with E-state index < -0.39 is 9.84 Å². The fraction of sp³-hybridized carbons (Fsp3) is 0.625. The molecule has 0 saturated carbocycles. The third-order valence-electron chi connectivity index (χ3n) is 2.64. The van der Waals surface area contributed by atoms with Crippen molar-refractivity contribution in [2.24, 2.45) is 0 Å². The molecular formula is C8H13N3O2S. The van der Waals surface area contributed by atoms with Crippen molar-refractivity contribution in [2.45, 2.75) is 19.4 Å². The van der Waals surface area contributed by atoms with Crippen LogP contribution in [0.25, 0.3) is 0 Å². The van der Waals surface area contributed by atoms with Crippen molar-refractivity contribution in [1.29, 1.82) is 0 Å². The lowest BCUT2D eigenvalue weighted by Gasteiger charge is -2.10. The lowest BCUT2D eigenvalue weighted by Crippen LogP contribution is -2.13. The molecule has 6 heteroatoms. The normalized spacial score (nSPS) is 25.4. The van der Waals surface area contributed by atoms with Crippen LogP contribution in [0.1, 0.15) is 18.2 Å². The Balaban J connectivity index is 2.30. The van der Waals surface area contributed by atoms with Crippen LogP contribution in [0.2, 0.25) is 0 Å². The first kappa shape index (κ1) is 9.51. The highest BCUT2D eigenvalue weighted by Gasteiger charge is 2.30.